The SMILES string of the molecule is CS(=O)(=O)NC(=O)c1ccc(COC2=CC(c3cccc(OCC4CC4)c3)=CC(F)(C(=O)N3CCOCC3)C2)c(F)c1. The van der Waals surface area contributed by atoms with E-state index in [0.717, 1.165) is 25.2 Å². The topological polar surface area (TPSA) is 111 Å². The van der Waals surface area contributed by atoms with Gasteiger partial charge in [-0.3, -0.25) is 9.59 Å². The lowest BCUT2D eigenvalue weighted by Crippen LogP contribution is -2.50. The van der Waals surface area contributed by atoms with E-state index in [9.17, 15) is 22.4 Å². The van der Waals surface area contributed by atoms with Gasteiger partial charge >= 0.3 is 0 Å². The summed E-state index contributed by atoms with van der Waals surface area (Å²) in [6, 6.07) is 10.6. The van der Waals surface area contributed by atoms with Gasteiger partial charge in [-0.05, 0) is 66.3 Å². The summed E-state index contributed by atoms with van der Waals surface area (Å²) in [7, 11) is -3.82. The molecule has 1 atom stereocenters. The number of allylic oxidation sites excluding steroid dienone is 3. The molecule has 2 fully saturated rings. The van der Waals surface area contributed by atoms with Gasteiger partial charge in [0.2, 0.25) is 15.7 Å². The van der Waals surface area contributed by atoms with Gasteiger partial charge in [-0.25, -0.2) is 21.9 Å². The normalized spacial score (nSPS) is 20.8. The molecular formula is C30H32F2N2O7S. The first kappa shape index (κ1) is 29.7. The third-order valence-corrected chi connectivity index (χ3v) is 7.70. The molecule has 12 heteroatoms. The van der Waals surface area contributed by atoms with Crippen LogP contribution in [0.15, 0.2) is 60.4 Å². The number of nitrogens with zero attached hydrogens (tertiary/aromatic N) is 1. The van der Waals surface area contributed by atoms with E-state index in [4.69, 9.17) is 14.2 Å². The molecule has 2 amide bonds. The third-order valence-electron chi connectivity index (χ3n) is 7.14. The molecule has 0 bridgehead atoms. The van der Waals surface area contributed by atoms with E-state index in [0.29, 0.717) is 42.6 Å². The Balaban J connectivity index is 1.37. The number of carbonyl (C=O) groups is 2. The molecule has 2 aromatic rings. The second-order valence-corrected chi connectivity index (χ2v) is 12.5. The van der Waals surface area contributed by atoms with Crippen molar-refractivity contribution < 1.29 is 41.0 Å². The van der Waals surface area contributed by atoms with E-state index in [1.165, 1.54) is 23.1 Å². The van der Waals surface area contributed by atoms with Crippen LogP contribution in [0.25, 0.3) is 5.57 Å². The van der Waals surface area contributed by atoms with Crippen LogP contribution in [0.4, 0.5) is 8.78 Å². The van der Waals surface area contributed by atoms with Crippen molar-refractivity contribution in [1.29, 1.82) is 0 Å². The Morgan fingerprint density at radius 1 is 1.12 bits per heavy atom. The van der Waals surface area contributed by atoms with Gasteiger partial charge < -0.3 is 19.1 Å². The molecule has 1 unspecified atom stereocenters. The number of carbonyl (C=O) groups excluding carboxylic acids is 2. The van der Waals surface area contributed by atoms with E-state index in [2.05, 4.69) is 0 Å². The Morgan fingerprint density at radius 3 is 2.57 bits per heavy atom. The summed E-state index contributed by atoms with van der Waals surface area (Å²) < 4.78 is 72.9. The number of sulfonamides is 1. The van der Waals surface area contributed by atoms with Gasteiger partial charge in [0.05, 0.1) is 32.5 Å². The maximum absolute atomic E-state index is 16.6. The summed E-state index contributed by atoms with van der Waals surface area (Å²) in [5, 5.41) is 0. The fourth-order valence-electron chi connectivity index (χ4n) is 4.71. The average molecular weight is 603 g/mol. The van der Waals surface area contributed by atoms with Crippen molar-refractivity contribution in [3.05, 3.63) is 82.9 Å². The van der Waals surface area contributed by atoms with Crippen LogP contribution in [-0.2, 0) is 30.9 Å². The third kappa shape index (κ3) is 7.54. The molecule has 1 saturated carbocycles. The van der Waals surface area contributed by atoms with Gasteiger partial charge in [0.15, 0.2) is 0 Å². The van der Waals surface area contributed by atoms with Crippen molar-refractivity contribution in [3.63, 3.8) is 0 Å². The number of hydrogen-bond donors (Lipinski definition) is 1. The first-order chi connectivity index (χ1) is 20.0. The largest absolute Gasteiger partial charge is 0.493 e. The summed E-state index contributed by atoms with van der Waals surface area (Å²) in [6.45, 7) is 1.46. The minimum Gasteiger partial charge on any atom is -0.493 e. The zero-order valence-corrected chi connectivity index (χ0v) is 23.9. The average Bonchev–Trinajstić information content (AvgIpc) is 3.79. The van der Waals surface area contributed by atoms with Crippen LogP contribution in [0.5, 0.6) is 5.75 Å². The Hall–Kier alpha value is -3.77. The van der Waals surface area contributed by atoms with Crippen molar-refractivity contribution >= 4 is 27.4 Å². The molecule has 0 aromatic heterocycles. The van der Waals surface area contributed by atoms with Gasteiger partial charge in [-0.1, -0.05) is 18.2 Å². The summed E-state index contributed by atoms with van der Waals surface area (Å²) in [5.41, 5.74) is -1.49. The van der Waals surface area contributed by atoms with Crippen LogP contribution in [0.1, 0.15) is 40.7 Å². The highest BCUT2D eigenvalue weighted by Gasteiger charge is 2.43. The second-order valence-electron chi connectivity index (χ2n) is 10.7. The first-order valence-corrected chi connectivity index (χ1v) is 15.5. The molecule has 9 nitrogen and oxygen atoms in total. The van der Waals surface area contributed by atoms with Gasteiger partial charge in [0.25, 0.3) is 11.8 Å². The lowest BCUT2D eigenvalue weighted by molar-refractivity contribution is -0.145. The van der Waals surface area contributed by atoms with Crippen LogP contribution in [0, 0.1) is 11.7 Å². The molecule has 1 N–H and O–H groups in total. The Bertz CT molecular complexity index is 1530. The van der Waals surface area contributed by atoms with Crippen molar-refractivity contribution in [2.45, 2.75) is 31.5 Å². The molecule has 1 aliphatic heterocycles. The molecule has 5 rings (SSSR count). The Kier molecular flexibility index (Phi) is 8.65. The molecule has 1 saturated heterocycles. The van der Waals surface area contributed by atoms with Crippen LogP contribution in [0.3, 0.4) is 0 Å². The van der Waals surface area contributed by atoms with Crippen LogP contribution in [-0.4, -0.2) is 70.0 Å². The van der Waals surface area contributed by atoms with Crippen LogP contribution < -0.4 is 9.46 Å². The number of halogens is 2. The van der Waals surface area contributed by atoms with Gasteiger partial charge in [-0.15, -0.1) is 0 Å². The predicted octanol–water partition coefficient (Wildman–Crippen LogP) is 3.76. The number of alkyl halides is 1. The summed E-state index contributed by atoms with van der Waals surface area (Å²) in [6.07, 6.45) is 5.62. The highest BCUT2D eigenvalue weighted by Crippen LogP contribution is 2.38. The molecule has 1 heterocycles. The highest BCUT2D eigenvalue weighted by molar-refractivity contribution is 7.89. The number of amides is 2. The number of hydrogen-bond acceptors (Lipinski definition) is 7. The van der Waals surface area contributed by atoms with Crippen LogP contribution in [0.2, 0.25) is 0 Å². The molecule has 0 radical (unpaired) electrons. The monoisotopic (exact) mass is 602 g/mol. The van der Waals surface area contributed by atoms with E-state index in [-0.39, 0.29) is 43.0 Å². The zero-order valence-electron chi connectivity index (χ0n) is 23.1. The van der Waals surface area contributed by atoms with Crippen LogP contribution >= 0.6 is 0 Å². The maximum atomic E-state index is 16.6. The Morgan fingerprint density at radius 2 is 1.88 bits per heavy atom. The summed E-state index contributed by atoms with van der Waals surface area (Å²) in [5.74, 6) is -1.16. The van der Waals surface area contributed by atoms with Crippen molar-refractivity contribution in [2.75, 3.05) is 39.2 Å². The molecule has 2 aliphatic carbocycles. The van der Waals surface area contributed by atoms with Crippen molar-refractivity contribution in [3.8, 4) is 5.75 Å². The smallest absolute Gasteiger partial charge is 0.264 e. The lowest BCUT2D eigenvalue weighted by atomic mass is 9.87. The summed E-state index contributed by atoms with van der Waals surface area (Å²) >= 11 is 0. The molecule has 224 valence electrons. The summed E-state index contributed by atoms with van der Waals surface area (Å²) in [4.78, 5) is 26.9. The maximum Gasteiger partial charge on any atom is 0.264 e. The molecule has 42 heavy (non-hydrogen) atoms. The molecule has 0 spiro atoms. The number of nitrogens with one attached hydrogen (secondary N) is 1. The number of ether oxygens (including phenoxy) is 3. The molecule has 2 aromatic carbocycles. The zero-order chi connectivity index (χ0) is 29.9. The quantitative estimate of drug-likeness (QED) is 0.441. The fraction of sp³-hybridized carbons (Fsp3) is 0.400. The van der Waals surface area contributed by atoms with E-state index in [1.807, 2.05) is 6.07 Å². The fourth-order valence-corrected chi connectivity index (χ4v) is 5.17. The lowest BCUT2D eigenvalue weighted by Gasteiger charge is -2.34. The minimum absolute atomic E-state index is 0.0577. The highest BCUT2D eigenvalue weighted by atomic mass is 32.2. The predicted molar refractivity (Wildman–Crippen MR) is 150 cm³/mol. The van der Waals surface area contributed by atoms with E-state index in [1.54, 1.807) is 29.0 Å². The van der Waals surface area contributed by atoms with E-state index < -0.39 is 33.3 Å². The number of morpholine rings is 1. The van der Waals surface area contributed by atoms with Crippen molar-refractivity contribution in [1.82, 2.24) is 9.62 Å². The van der Waals surface area contributed by atoms with Gasteiger partial charge in [0, 0.05) is 24.2 Å². The standard InChI is InChI=1S/C30H32F2N2O7S/c1-42(37,38)33-28(35)22-7-8-23(27(31)15-22)19-41-26-14-24(21-3-2-4-25(13-21)40-18-20-5-6-20)16-30(32,17-26)29(36)34-9-11-39-12-10-34/h2-4,7-8,13-16,20H,5-6,9-12,17-19H2,1H3,(H,33,35). The van der Waals surface area contributed by atoms with Crippen molar-refractivity contribution in [2.24, 2.45) is 5.92 Å². The number of benzene rings is 2. The Labute approximate surface area is 243 Å². The van der Waals surface area contributed by atoms with Gasteiger partial charge in [-0.2, -0.15) is 0 Å². The first-order valence-electron chi connectivity index (χ1n) is 13.7. The molecule has 3 aliphatic rings. The molecular weight excluding hydrogens is 570 g/mol. The second kappa shape index (κ2) is 12.2. The minimum atomic E-state index is -3.82. The van der Waals surface area contributed by atoms with E-state index >= 15 is 4.39 Å². The van der Waals surface area contributed by atoms with Gasteiger partial charge in [0.1, 0.15) is 23.9 Å². The number of rotatable bonds is 10.